The van der Waals surface area contributed by atoms with Crippen LogP contribution < -0.4 is 0 Å². The average molecular weight is 336 g/mol. The van der Waals surface area contributed by atoms with Crippen molar-refractivity contribution in [3.8, 4) is 0 Å². The summed E-state index contributed by atoms with van der Waals surface area (Å²) in [5.74, 6) is 0. The molecule has 2 heterocycles. The summed E-state index contributed by atoms with van der Waals surface area (Å²) in [7, 11) is 0. The molecule has 0 spiro atoms. The van der Waals surface area contributed by atoms with Crippen LogP contribution in [0.5, 0.6) is 0 Å². The van der Waals surface area contributed by atoms with E-state index in [1.165, 1.54) is 0 Å². The highest BCUT2D eigenvalue weighted by atomic mass is 16.7. The number of likely N-dealkylation sites (tertiary alicyclic amines) is 1. The molecule has 4 atom stereocenters. The van der Waals surface area contributed by atoms with Gasteiger partial charge in [-0.05, 0) is 24.8 Å². The molecule has 1 unspecified atom stereocenters. The maximum absolute atomic E-state index is 11.2. The SMILES string of the molecule is O=[N+]([O-])[C@@H]1CN(Cc2ccccc2)[C@H](COC2CCCCO2)[C@H]1O. The normalized spacial score (nSPS) is 31.2. The Bertz CT molecular complexity index is 535. The van der Waals surface area contributed by atoms with Crippen molar-refractivity contribution < 1.29 is 19.5 Å². The Morgan fingerprint density at radius 2 is 2.12 bits per heavy atom. The predicted molar refractivity (Wildman–Crippen MR) is 87.0 cm³/mol. The topological polar surface area (TPSA) is 85.1 Å². The number of benzene rings is 1. The van der Waals surface area contributed by atoms with Gasteiger partial charge in [-0.15, -0.1) is 0 Å². The van der Waals surface area contributed by atoms with Crippen molar-refractivity contribution in [2.75, 3.05) is 19.8 Å². The summed E-state index contributed by atoms with van der Waals surface area (Å²) in [5.41, 5.74) is 1.06. The third kappa shape index (κ3) is 4.10. The molecule has 1 aromatic carbocycles. The summed E-state index contributed by atoms with van der Waals surface area (Å²) in [6.45, 7) is 1.70. The number of hydrogen-bond acceptors (Lipinski definition) is 6. The van der Waals surface area contributed by atoms with Crippen molar-refractivity contribution in [2.24, 2.45) is 0 Å². The minimum absolute atomic E-state index is 0.225. The van der Waals surface area contributed by atoms with E-state index in [2.05, 4.69) is 0 Å². The molecule has 1 N–H and O–H groups in total. The Morgan fingerprint density at radius 1 is 1.33 bits per heavy atom. The zero-order valence-electron chi connectivity index (χ0n) is 13.6. The second-order valence-corrected chi connectivity index (χ2v) is 6.46. The van der Waals surface area contributed by atoms with Crippen LogP contribution in [0, 0.1) is 10.1 Å². The second-order valence-electron chi connectivity index (χ2n) is 6.46. The van der Waals surface area contributed by atoms with Gasteiger partial charge in [-0.2, -0.15) is 0 Å². The number of nitro groups is 1. The van der Waals surface area contributed by atoms with E-state index < -0.39 is 18.2 Å². The first-order chi connectivity index (χ1) is 11.6. The van der Waals surface area contributed by atoms with E-state index in [1.54, 1.807) is 0 Å². The smallest absolute Gasteiger partial charge is 0.252 e. The molecule has 2 aliphatic rings. The van der Waals surface area contributed by atoms with Gasteiger partial charge in [0.05, 0.1) is 19.2 Å². The van der Waals surface area contributed by atoms with E-state index in [4.69, 9.17) is 9.47 Å². The highest BCUT2D eigenvalue weighted by Crippen LogP contribution is 2.25. The quantitative estimate of drug-likeness (QED) is 0.625. The van der Waals surface area contributed by atoms with Gasteiger partial charge in [0, 0.05) is 18.1 Å². The molecule has 132 valence electrons. The minimum Gasteiger partial charge on any atom is -0.384 e. The first-order valence-corrected chi connectivity index (χ1v) is 8.48. The molecule has 7 nitrogen and oxygen atoms in total. The monoisotopic (exact) mass is 336 g/mol. The summed E-state index contributed by atoms with van der Waals surface area (Å²) in [4.78, 5) is 12.8. The number of nitrogens with zero attached hydrogens (tertiary/aromatic N) is 2. The summed E-state index contributed by atoms with van der Waals surface area (Å²) in [5, 5.41) is 21.6. The molecule has 0 aliphatic carbocycles. The third-order valence-electron chi connectivity index (χ3n) is 4.77. The Balaban J connectivity index is 1.65. The Kier molecular flexibility index (Phi) is 5.78. The standard InChI is InChI=1S/C17H24N2O5/c20-17-14(19(21)22)11-18(10-13-6-2-1-3-7-13)15(17)12-24-16-8-4-5-9-23-16/h1-3,6-7,14-17,20H,4-5,8-12H2/t14-,15-,16?,17+/m1/s1. The molecular formula is C17H24N2O5. The van der Waals surface area contributed by atoms with E-state index in [-0.39, 0.29) is 24.4 Å². The molecule has 0 bridgehead atoms. The Labute approximate surface area is 141 Å². The van der Waals surface area contributed by atoms with Crippen LogP contribution in [0.15, 0.2) is 30.3 Å². The Morgan fingerprint density at radius 3 is 2.79 bits per heavy atom. The van der Waals surface area contributed by atoms with Gasteiger partial charge in [0.15, 0.2) is 6.29 Å². The highest BCUT2D eigenvalue weighted by Gasteiger charge is 2.47. The van der Waals surface area contributed by atoms with Gasteiger partial charge in [-0.1, -0.05) is 30.3 Å². The zero-order chi connectivity index (χ0) is 16.9. The van der Waals surface area contributed by atoms with Crippen LogP contribution in [-0.2, 0) is 16.0 Å². The van der Waals surface area contributed by atoms with Gasteiger partial charge in [0.1, 0.15) is 6.10 Å². The third-order valence-corrected chi connectivity index (χ3v) is 4.77. The number of rotatable bonds is 6. The lowest BCUT2D eigenvalue weighted by Gasteiger charge is -2.28. The molecule has 0 radical (unpaired) electrons. The Hall–Kier alpha value is -1.54. The fourth-order valence-corrected chi connectivity index (χ4v) is 3.40. The van der Waals surface area contributed by atoms with Gasteiger partial charge in [0.2, 0.25) is 0 Å². The molecule has 0 amide bonds. The predicted octanol–water partition coefficient (Wildman–Crippen LogP) is 1.42. The van der Waals surface area contributed by atoms with Gasteiger partial charge in [-0.3, -0.25) is 15.0 Å². The lowest BCUT2D eigenvalue weighted by Crippen LogP contribution is -2.42. The van der Waals surface area contributed by atoms with Crippen LogP contribution in [-0.4, -0.2) is 59.2 Å². The van der Waals surface area contributed by atoms with Crippen LogP contribution in [0.3, 0.4) is 0 Å². The van der Waals surface area contributed by atoms with Crippen LogP contribution in [0.25, 0.3) is 0 Å². The van der Waals surface area contributed by atoms with Gasteiger partial charge < -0.3 is 14.6 Å². The van der Waals surface area contributed by atoms with Crippen molar-refractivity contribution >= 4 is 0 Å². The van der Waals surface area contributed by atoms with E-state index in [0.29, 0.717) is 13.2 Å². The van der Waals surface area contributed by atoms with Crippen molar-refractivity contribution in [3.05, 3.63) is 46.0 Å². The molecule has 0 saturated carbocycles. The first-order valence-electron chi connectivity index (χ1n) is 8.48. The highest BCUT2D eigenvalue weighted by molar-refractivity contribution is 5.15. The fraction of sp³-hybridized carbons (Fsp3) is 0.647. The summed E-state index contributed by atoms with van der Waals surface area (Å²) < 4.78 is 11.3. The zero-order valence-corrected chi connectivity index (χ0v) is 13.6. The number of aliphatic hydroxyl groups excluding tert-OH is 1. The van der Waals surface area contributed by atoms with E-state index >= 15 is 0 Å². The molecule has 2 saturated heterocycles. The average Bonchev–Trinajstić information content (AvgIpc) is 2.91. The number of ether oxygens (including phenoxy) is 2. The minimum atomic E-state index is -1.03. The maximum atomic E-state index is 11.2. The summed E-state index contributed by atoms with van der Waals surface area (Å²) in [6, 6.07) is 8.40. The second kappa shape index (κ2) is 8.02. The lowest BCUT2D eigenvalue weighted by molar-refractivity contribution is -0.528. The first kappa shape index (κ1) is 17.3. The maximum Gasteiger partial charge on any atom is 0.252 e. The van der Waals surface area contributed by atoms with Crippen molar-refractivity contribution in [3.63, 3.8) is 0 Å². The van der Waals surface area contributed by atoms with E-state index in [9.17, 15) is 15.2 Å². The van der Waals surface area contributed by atoms with Crippen molar-refractivity contribution in [1.82, 2.24) is 4.90 Å². The number of hydrogen-bond donors (Lipinski definition) is 1. The van der Waals surface area contributed by atoms with Crippen LogP contribution in [0.1, 0.15) is 24.8 Å². The van der Waals surface area contributed by atoms with Gasteiger partial charge >= 0.3 is 0 Å². The summed E-state index contributed by atoms with van der Waals surface area (Å²) >= 11 is 0. The summed E-state index contributed by atoms with van der Waals surface area (Å²) in [6.07, 6.45) is 1.63. The molecular weight excluding hydrogens is 312 g/mol. The molecule has 0 aromatic heterocycles. The van der Waals surface area contributed by atoms with E-state index in [0.717, 1.165) is 24.8 Å². The lowest BCUT2D eigenvalue weighted by atomic mass is 10.1. The van der Waals surface area contributed by atoms with Crippen LogP contribution >= 0.6 is 0 Å². The number of aliphatic hydroxyl groups is 1. The molecule has 2 aliphatic heterocycles. The fourth-order valence-electron chi connectivity index (χ4n) is 3.40. The largest absolute Gasteiger partial charge is 0.384 e. The molecule has 24 heavy (non-hydrogen) atoms. The van der Waals surface area contributed by atoms with Crippen molar-refractivity contribution in [1.29, 1.82) is 0 Å². The molecule has 3 rings (SSSR count). The van der Waals surface area contributed by atoms with Crippen LogP contribution in [0.4, 0.5) is 0 Å². The molecule has 2 fully saturated rings. The van der Waals surface area contributed by atoms with E-state index in [1.807, 2.05) is 35.2 Å². The molecule has 7 heteroatoms. The van der Waals surface area contributed by atoms with Gasteiger partial charge in [0.25, 0.3) is 6.04 Å². The van der Waals surface area contributed by atoms with Crippen molar-refractivity contribution in [2.45, 2.75) is 50.3 Å². The molecule has 1 aromatic rings. The van der Waals surface area contributed by atoms with Crippen LogP contribution in [0.2, 0.25) is 0 Å². The van der Waals surface area contributed by atoms with Gasteiger partial charge in [-0.25, -0.2) is 0 Å².